The number of aliphatic hydroxyl groups is 1. The maximum atomic E-state index is 12.4. The molecule has 3 atom stereocenters. The van der Waals surface area contributed by atoms with Crippen molar-refractivity contribution >= 4 is 6.09 Å². The van der Waals surface area contributed by atoms with Crippen molar-refractivity contribution in [3.63, 3.8) is 0 Å². The minimum absolute atomic E-state index is 0.0356. The Morgan fingerprint density at radius 1 is 1.36 bits per heavy atom. The van der Waals surface area contributed by atoms with Crippen LogP contribution in [0.1, 0.15) is 52.1 Å². The summed E-state index contributed by atoms with van der Waals surface area (Å²) in [5.41, 5.74) is -0.574. The van der Waals surface area contributed by atoms with Gasteiger partial charge in [0.1, 0.15) is 11.2 Å². The van der Waals surface area contributed by atoms with Crippen molar-refractivity contribution in [3.8, 4) is 0 Å². The van der Waals surface area contributed by atoms with Gasteiger partial charge in [0.2, 0.25) is 0 Å². The van der Waals surface area contributed by atoms with E-state index in [2.05, 4.69) is 5.10 Å². The van der Waals surface area contributed by atoms with Crippen LogP contribution in [0.2, 0.25) is 0 Å². The van der Waals surface area contributed by atoms with Gasteiger partial charge in [-0.05, 0) is 39.7 Å². The second-order valence-corrected chi connectivity index (χ2v) is 7.55. The van der Waals surface area contributed by atoms with Crippen LogP contribution in [0.4, 0.5) is 4.79 Å². The monoisotopic (exact) mass is 307 g/mol. The van der Waals surface area contributed by atoms with Crippen LogP contribution in [0.3, 0.4) is 0 Å². The summed E-state index contributed by atoms with van der Waals surface area (Å²) in [6.07, 6.45) is 4.38. The largest absolute Gasteiger partial charge is 0.444 e. The highest BCUT2D eigenvalue weighted by Gasteiger charge is 2.51. The van der Waals surface area contributed by atoms with Crippen molar-refractivity contribution in [2.45, 2.75) is 69.7 Å². The summed E-state index contributed by atoms with van der Waals surface area (Å²) >= 11 is 0. The quantitative estimate of drug-likeness (QED) is 0.863. The van der Waals surface area contributed by atoms with Gasteiger partial charge in [-0.2, -0.15) is 5.10 Å². The van der Waals surface area contributed by atoms with Crippen LogP contribution in [0.15, 0.2) is 12.3 Å². The van der Waals surface area contributed by atoms with Crippen molar-refractivity contribution < 1.29 is 14.6 Å². The Kier molecular flexibility index (Phi) is 3.47. The SMILES string of the molecule is Cn1nccc1C1(O)C[C@H]2CC[C@@H](C1)N2C(=O)OC(C)(C)C. The van der Waals surface area contributed by atoms with Gasteiger partial charge >= 0.3 is 6.09 Å². The first-order valence-corrected chi connectivity index (χ1v) is 7.92. The van der Waals surface area contributed by atoms with Gasteiger partial charge in [0.05, 0.1) is 5.69 Å². The fourth-order valence-electron chi connectivity index (χ4n) is 3.88. The molecule has 0 saturated carbocycles. The number of fused-ring (bicyclic) bond motifs is 2. The lowest BCUT2D eigenvalue weighted by Gasteiger charge is -2.43. The van der Waals surface area contributed by atoms with E-state index < -0.39 is 11.2 Å². The molecule has 6 heteroatoms. The molecule has 0 aliphatic carbocycles. The number of hydrogen-bond acceptors (Lipinski definition) is 4. The average Bonchev–Trinajstić information content (AvgIpc) is 2.91. The number of ether oxygens (including phenoxy) is 1. The standard InChI is InChI=1S/C16H25N3O3/c1-15(2,3)22-14(20)19-11-5-6-12(19)10-16(21,9-11)13-7-8-17-18(13)4/h7-8,11-12,21H,5-6,9-10H2,1-4H3/t11-,12+,16?. The van der Waals surface area contributed by atoms with Crippen molar-refractivity contribution in [3.05, 3.63) is 18.0 Å². The maximum absolute atomic E-state index is 12.4. The molecule has 22 heavy (non-hydrogen) atoms. The maximum Gasteiger partial charge on any atom is 0.410 e. The Labute approximate surface area is 131 Å². The zero-order chi connectivity index (χ0) is 16.1. The van der Waals surface area contributed by atoms with Gasteiger partial charge in [-0.15, -0.1) is 0 Å². The summed E-state index contributed by atoms with van der Waals surface area (Å²) in [5.74, 6) is 0. The smallest absolute Gasteiger partial charge is 0.410 e. The highest BCUT2D eigenvalue weighted by Crippen LogP contribution is 2.45. The van der Waals surface area contributed by atoms with E-state index in [-0.39, 0.29) is 18.2 Å². The Morgan fingerprint density at radius 3 is 2.41 bits per heavy atom. The number of carbonyl (C=O) groups is 1. The van der Waals surface area contributed by atoms with Crippen molar-refractivity contribution in [1.29, 1.82) is 0 Å². The van der Waals surface area contributed by atoms with Crippen molar-refractivity contribution in [1.82, 2.24) is 14.7 Å². The number of rotatable bonds is 1. The second kappa shape index (κ2) is 4.98. The molecule has 1 aromatic rings. The first-order valence-electron chi connectivity index (χ1n) is 7.92. The molecule has 2 saturated heterocycles. The lowest BCUT2D eigenvalue weighted by molar-refractivity contribution is -0.0665. The molecule has 0 radical (unpaired) electrons. The fraction of sp³-hybridized carbons (Fsp3) is 0.750. The van der Waals surface area contributed by atoms with Crippen LogP contribution in [0.5, 0.6) is 0 Å². The highest BCUT2D eigenvalue weighted by atomic mass is 16.6. The molecule has 1 aromatic heterocycles. The molecule has 2 aliphatic heterocycles. The molecule has 1 unspecified atom stereocenters. The molecule has 0 aromatic carbocycles. The normalized spacial score (nSPS) is 31.4. The predicted molar refractivity (Wildman–Crippen MR) is 81.2 cm³/mol. The van der Waals surface area contributed by atoms with E-state index >= 15 is 0 Å². The fourth-order valence-corrected chi connectivity index (χ4v) is 3.88. The minimum atomic E-state index is -0.907. The molecule has 2 fully saturated rings. The van der Waals surface area contributed by atoms with Gasteiger partial charge in [0.25, 0.3) is 0 Å². The van der Waals surface area contributed by atoms with Crippen LogP contribution >= 0.6 is 0 Å². The van der Waals surface area contributed by atoms with Crippen LogP contribution in [0, 0.1) is 0 Å². The number of carbonyl (C=O) groups excluding carboxylic acids is 1. The predicted octanol–water partition coefficient (Wildman–Crippen LogP) is 2.17. The Morgan fingerprint density at radius 2 is 1.95 bits per heavy atom. The van der Waals surface area contributed by atoms with E-state index in [9.17, 15) is 9.90 Å². The van der Waals surface area contributed by atoms with Crippen molar-refractivity contribution in [2.75, 3.05) is 0 Å². The second-order valence-electron chi connectivity index (χ2n) is 7.55. The van der Waals surface area contributed by atoms with E-state index in [0.717, 1.165) is 18.5 Å². The number of amides is 1. The van der Waals surface area contributed by atoms with Crippen LogP contribution in [-0.2, 0) is 17.4 Å². The highest BCUT2D eigenvalue weighted by molar-refractivity contribution is 5.69. The number of piperidine rings is 1. The first-order chi connectivity index (χ1) is 10.2. The van der Waals surface area contributed by atoms with E-state index in [1.165, 1.54) is 0 Å². The van der Waals surface area contributed by atoms with Gasteiger partial charge in [0, 0.05) is 38.2 Å². The van der Waals surface area contributed by atoms with Gasteiger partial charge in [0.15, 0.2) is 0 Å². The summed E-state index contributed by atoms with van der Waals surface area (Å²) in [4.78, 5) is 14.3. The van der Waals surface area contributed by atoms with Crippen LogP contribution < -0.4 is 0 Å². The summed E-state index contributed by atoms with van der Waals surface area (Å²) in [7, 11) is 1.84. The molecule has 122 valence electrons. The molecule has 6 nitrogen and oxygen atoms in total. The summed E-state index contributed by atoms with van der Waals surface area (Å²) in [5, 5.41) is 15.2. The lowest BCUT2D eigenvalue weighted by atomic mass is 9.83. The van der Waals surface area contributed by atoms with Gasteiger partial charge in [-0.3, -0.25) is 4.68 Å². The zero-order valence-corrected chi connectivity index (χ0v) is 13.7. The summed E-state index contributed by atoms with van der Waals surface area (Å²) in [6.45, 7) is 5.63. The topological polar surface area (TPSA) is 67.6 Å². The first kappa shape index (κ1) is 15.3. The Balaban J connectivity index is 1.80. The molecule has 3 heterocycles. The number of hydrogen-bond donors (Lipinski definition) is 1. The van der Waals surface area contributed by atoms with E-state index in [1.54, 1.807) is 10.9 Å². The van der Waals surface area contributed by atoms with Crippen LogP contribution in [-0.4, -0.2) is 43.6 Å². The molecule has 1 N–H and O–H groups in total. The van der Waals surface area contributed by atoms with Crippen LogP contribution in [0.25, 0.3) is 0 Å². The molecular weight excluding hydrogens is 282 g/mol. The number of aryl methyl sites for hydroxylation is 1. The third kappa shape index (κ3) is 2.60. The third-order valence-electron chi connectivity index (χ3n) is 4.67. The lowest BCUT2D eigenvalue weighted by Crippen LogP contribution is -2.53. The molecule has 2 aliphatic rings. The summed E-state index contributed by atoms with van der Waals surface area (Å²) < 4.78 is 7.25. The molecular formula is C16H25N3O3. The average molecular weight is 307 g/mol. The minimum Gasteiger partial charge on any atom is -0.444 e. The molecule has 0 spiro atoms. The van der Waals surface area contributed by atoms with Crippen molar-refractivity contribution in [2.24, 2.45) is 7.05 Å². The molecule has 2 bridgehead atoms. The number of aromatic nitrogens is 2. The van der Waals surface area contributed by atoms with Gasteiger partial charge in [-0.25, -0.2) is 4.79 Å². The van der Waals surface area contributed by atoms with Gasteiger partial charge in [-0.1, -0.05) is 0 Å². The molecule has 1 amide bonds. The number of nitrogens with zero attached hydrogens (tertiary/aromatic N) is 3. The summed E-state index contributed by atoms with van der Waals surface area (Å²) in [6, 6.07) is 1.93. The third-order valence-corrected chi connectivity index (χ3v) is 4.67. The van der Waals surface area contributed by atoms with Gasteiger partial charge < -0.3 is 14.7 Å². The Hall–Kier alpha value is -1.56. The van der Waals surface area contributed by atoms with E-state index in [4.69, 9.17) is 4.74 Å². The Bertz CT molecular complexity index is 561. The molecule has 3 rings (SSSR count). The van der Waals surface area contributed by atoms with E-state index in [1.807, 2.05) is 38.8 Å². The van der Waals surface area contributed by atoms with E-state index in [0.29, 0.717) is 12.8 Å². The zero-order valence-electron chi connectivity index (χ0n) is 13.7.